The molecule has 112 valence electrons. The molecule has 0 atom stereocenters. The summed E-state index contributed by atoms with van der Waals surface area (Å²) < 4.78 is 2.16. The molecule has 2 aromatic rings. The Kier molecular flexibility index (Phi) is 4.13. The van der Waals surface area contributed by atoms with E-state index in [1.807, 2.05) is 18.3 Å². The molecule has 0 radical (unpaired) electrons. The van der Waals surface area contributed by atoms with Crippen LogP contribution in [0.2, 0.25) is 0 Å². The van der Waals surface area contributed by atoms with Crippen molar-refractivity contribution >= 4 is 22.6 Å². The number of hydrogen-bond donors (Lipinski definition) is 2. The fraction of sp³-hybridized carbons (Fsp3) is 0.471. The molecular formula is C17H23N3O. The van der Waals surface area contributed by atoms with Gasteiger partial charge >= 0.3 is 6.03 Å². The molecule has 2 N–H and O–H groups in total. The summed E-state index contributed by atoms with van der Waals surface area (Å²) in [7, 11) is 0. The quantitative estimate of drug-likeness (QED) is 0.875. The maximum Gasteiger partial charge on any atom is 0.319 e. The number of amides is 2. The smallest absolute Gasteiger partial charge is 0.319 e. The Labute approximate surface area is 125 Å². The third kappa shape index (κ3) is 3.04. The number of aryl methyl sites for hydroxylation is 1. The van der Waals surface area contributed by atoms with E-state index in [-0.39, 0.29) is 6.03 Å². The van der Waals surface area contributed by atoms with Crippen molar-refractivity contribution < 1.29 is 4.79 Å². The summed E-state index contributed by atoms with van der Waals surface area (Å²) in [5, 5.41) is 7.21. The second-order valence-corrected chi connectivity index (χ2v) is 5.78. The highest BCUT2D eigenvalue weighted by Gasteiger charge is 2.16. The van der Waals surface area contributed by atoms with Crippen molar-refractivity contribution in [3.8, 4) is 0 Å². The molecule has 1 saturated carbocycles. The van der Waals surface area contributed by atoms with Crippen LogP contribution in [0, 0.1) is 0 Å². The van der Waals surface area contributed by atoms with E-state index in [1.165, 1.54) is 19.3 Å². The van der Waals surface area contributed by atoms with Crippen molar-refractivity contribution in [3.05, 3.63) is 30.5 Å². The third-order valence-corrected chi connectivity index (χ3v) is 4.32. The van der Waals surface area contributed by atoms with Crippen LogP contribution in [-0.2, 0) is 6.54 Å². The molecule has 0 spiro atoms. The van der Waals surface area contributed by atoms with Gasteiger partial charge in [-0.3, -0.25) is 0 Å². The van der Waals surface area contributed by atoms with Crippen molar-refractivity contribution in [3.63, 3.8) is 0 Å². The van der Waals surface area contributed by atoms with E-state index in [0.29, 0.717) is 6.04 Å². The summed E-state index contributed by atoms with van der Waals surface area (Å²) in [6.07, 6.45) is 7.96. The first-order valence-electron chi connectivity index (χ1n) is 7.93. The van der Waals surface area contributed by atoms with Crippen LogP contribution in [0.3, 0.4) is 0 Å². The molecule has 1 aliphatic rings. The Morgan fingerprint density at radius 2 is 2.00 bits per heavy atom. The lowest BCUT2D eigenvalue weighted by Gasteiger charge is -2.22. The SMILES string of the molecule is CCn1cc(NC(=O)NC2CCCCC2)c2ccccc21. The first-order chi connectivity index (χ1) is 10.3. The minimum absolute atomic E-state index is 0.0825. The first-order valence-corrected chi connectivity index (χ1v) is 7.93. The maximum atomic E-state index is 12.2. The molecule has 1 aliphatic carbocycles. The van der Waals surface area contributed by atoms with E-state index in [4.69, 9.17) is 0 Å². The monoisotopic (exact) mass is 285 g/mol. The molecule has 4 nitrogen and oxygen atoms in total. The van der Waals surface area contributed by atoms with Gasteiger partial charge in [0, 0.05) is 24.2 Å². The number of hydrogen-bond acceptors (Lipinski definition) is 1. The van der Waals surface area contributed by atoms with Crippen LogP contribution in [0.1, 0.15) is 39.0 Å². The normalized spacial score (nSPS) is 16.0. The topological polar surface area (TPSA) is 46.1 Å². The lowest BCUT2D eigenvalue weighted by atomic mass is 9.96. The van der Waals surface area contributed by atoms with Gasteiger partial charge < -0.3 is 15.2 Å². The third-order valence-electron chi connectivity index (χ3n) is 4.32. The molecule has 3 rings (SSSR count). The number of anilines is 1. The Hall–Kier alpha value is -1.97. The molecule has 2 amide bonds. The molecule has 1 fully saturated rings. The minimum atomic E-state index is -0.0825. The van der Waals surface area contributed by atoms with E-state index in [9.17, 15) is 4.79 Å². The fourth-order valence-corrected chi connectivity index (χ4v) is 3.20. The van der Waals surface area contributed by atoms with Gasteiger partial charge in [0.05, 0.1) is 11.2 Å². The maximum absolute atomic E-state index is 12.2. The van der Waals surface area contributed by atoms with Crippen LogP contribution < -0.4 is 10.6 Å². The van der Waals surface area contributed by atoms with Gasteiger partial charge in [-0.15, -0.1) is 0 Å². The summed E-state index contributed by atoms with van der Waals surface area (Å²) in [4.78, 5) is 12.2. The zero-order chi connectivity index (χ0) is 14.7. The second-order valence-electron chi connectivity index (χ2n) is 5.78. The lowest BCUT2D eigenvalue weighted by Crippen LogP contribution is -2.38. The number of rotatable bonds is 3. The Morgan fingerprint density at radius 3 is 2.76 bits per heavy atom. The largest absolute Gasteiger partial charge is 0.346 e. The molecule has 1 aromatic carbocycles. The first kappa shape index (κ1) is 14.0. The highest BCUT2D eigenvalue weighted by atomic mass is 16.2. The Balaban J connectivity index is 1.73. The van der Waals surface area contributed by atoms with Crippen molar-refractivity contribution in [1.29, 1.82) is 0 Å². The highest BCUT2D eigenvalue weighted by molar-refractivity contribution is 6.01. The van der Waals surface area contributed by atoms with Crippen molar-refractivity contribution in [2.24, 2.45) is 0 Å². The number of urea groups is 1. The van der Waals surface area contributed by atoms with E-state index in [2.05, 4.69) is 34.3 Å². The van der Waals surface area contributed by atoms with Crippen molar-refractivity contribution in [1.82, 2.24) is 9.88 Å². The van der Waals surface area contributed by atoms with Gasteiger partial charge in [0.25, 0.3) is 0 Å². The highest BCUT2D eigenvalue weighted by Crippen LogP contribution is 2.26. The predicted molar refractivity (Wildman–Crippen MR) is 86.6 cm³/mol. The number of nitrogens with one attached hydrogen (secondary N) is 2. The average molecular weight is 285 g/mol. The minimum Gasteiger partial charge on any atom is -0.346 e. The number of benzene rings is 1. The van der Waals surface area contributed by atoms with Gasteiger partial charge in [0.1, 0.15) is 0 Å². The van der Waals surface area contributed by atoms with E-state index in [0.717, 1.165) is 36.0 Å². The summed E-state index contributed by atoms with van der Waals surface area (Å²) >= 11 is 0. The molecular weight excluding hydrogens is 262 g/mol. The molecule has 0 aliphatic heterocycles. The van der Waals surface area contributed by atoms with Crippen LogP contribution in [0.15, 0.2) is 30.5 Å². The molecule has 21 heavy (non-hydrogen) atoms. The number of nitrogens with zero attached hydrogens (tertiary/aromatic N) is 1. The lowest BCUT2D eigenvalue weighted by molar-refractivity contribution is 0.244. The van der Waals surface area contributed by atoms with Crippen LogP contribution in [0.5, 0.6) is 0 Å². The van der Waals surface area contributed by atoms with Crippen LogP contribution in [0.25, 0.3) is 10.9 Å². The van der Waals surface area contributed by atoms with Gasteiger partial charge in [-0.2, -0.15) is 0 Å². The Morgan fingerprint density at radius 1 is 1.24 bits per heavy atom. The average Bonchev–Trinajstić information content (AvgIpc) is 2.86. The fourth-order valence-electron chi connectivity index (χ4n) is 3.20. The van der Waals surface area contributed by atoms with Crippen molar-refractivity contribution in [2.45, 2.75) is 51.6 Å². The molecule has 0 unspecified atom stereocenters. The zero-order valence-electron chi connectivity index (χ0n) is 12.6. The van der Waals surface area contributed by atoms with Gasteiger partial charge in [0.2, 0.25) is 0 Å². The molecule has 0 bridgehead atoms. The van der Waals surface area contributed by atoms with Gasteiger partial charge in [-0.1, -0.05) is 37.5 Å². The van der Waals surface area contributed by atoms with E-state index in [1.54, 1.807) is 0 Å². The van der Waals surface area contributed by atoms with Crippen LogP contribution in [-0.4, -0.2) is 16.6 Å². The summed E-state index contributed by atoms with van der Waals surface area (Å²) in [6, 6.07) is 8.42. The van der Waals surface area contributed by atoms with E-state index < -0.39 is 0 Å². The zero-order valence-corrected chi connectivity index (χ0v) is 12.6. The van der Waals surface area contributed by atoms with Crippen LogP contribution >= 0.6 is 0 Å². The van der Waals surface area contributed by atoms with Gasteiger partial charge in [0.15, 0.2) is 0 Å². The number of carbonyl (C=O) groups excluding carboxylic acids is 1. The molecule has 0 saturated heterocycles. The molecule has 4 heteroatoms. The summed E-state index contributed by atoms with van der Waals surface area (Å²) in [5.74, 6) is 0. The molecule has 1 aromatic heterocycles. The standard InChI is InChI=1S/C17H23N3O/c1-2-20-12-15(14-10-6-7-11-16(14)20)19-17(21)18-13-8-4-3-5-9-13/h6-7,10-13H,2-5,8-9H2,1H3,(H2,18,19,21). The van der Waals surface area contributed by atoms with Crippen molar-refractivity contribution in [2.75, 3.05) is 5.32 Å². The van der Waals surface area contributed by atoms with Gasteiger partial charge in [-0.05, 0) is 25.8 Å². The summed E-state index contributed by atoms with van der Waals surface area (Å²) in [6.45, 7) is 3.00. The van der Waals surface area contributed by atoms with Crippen LogP contribution in [0.4, 0.5) is 10.5 Å². The van der Waals surface area contributed by atoms with Gasteiger partial charge in [-0.25, -0.2) is 4.79 Å². The number of para-hydroxylation sites is 1. The second kappa shape index (κ2) is 6.20. The number of aromatic nitrogens is 1. The summed E-state index contributed by atoms with van der Waals surface area (Å²) in [5.41, 5.74) is 2.05. The molecule has 1 heterocycles. The number of fused-ring (bicyclic) bond motifs is 1. The number of carbonyl (C=O) groups is 1. The Bertz CT molecular complexity index is 626. The predicted octanol–water partition coefficient (Wildman–Crippen LogP) is 4.12. The van der Waals surface area contributed by atoms with E-state index >= 15 is 0 Å².